The third-order valence-corrected chi connectivity index (χ3v) is 14.1. The number of carbonyl (C=O) groups excluding carboxylic acids is 3. The van der Waals surface area contributed by atoms with Gasteiger partial charge >= 0.3 is 0 Å². The molecular formula is C44H55Cl2N9O3. The van der Waals surface area contributed by atoms with Crippen LogP contribution in [0, 0.1) is 11.3 Å². The van der Waals surface area contributed by atoms with Gasteiger partial charge in [0.05, 0.1) is 32.8 Å². The molecule has 2 saturated carbocycles. The number of rotatable bonds is 13. The molecular weight excluding hydrogens is 773 g/mol. The average Bonchev–Trinajstić information content (AvgIpc) is 3.99. The minimum atomic E-state index is -0.363. The van der Waals surface area contributed by atoms with Crippen molar-refractivity contribution in [3.05, 3.63) is 80.9 Å². The van der Waals surface area contributed by atoms with Gasteiger partial charge in [0.2, 0.25) is 5.91 Å². The maximum Gasteiger partial charge on any atom is 0.291 e. The number of unbranched alkanes of at least 4 members (excludes halogenated alkanes) is 1. The maximum atomic E-state index is 13.8. The van der Waals surface area contributed by atoms with E-state index >= 15 is 0 Å². The summed E-state index contributed by atoms with van der Waals surface area (Å²) in [5, 5.41) is 6.64. The average molecular weight is 829 g/mol. The Kier molecular flexibility index (Phi) is 11.7. The predicted molar refractivity (Wildman–Crippen MR) is 228 cm³/mol. The van der Waals surface area contributed by atoms with E-state index in [2.05, 4.69) is 20.4 Å². The Morgan fingerprint density at radius 2 is 1.29 bits per heavy atom. The van der Waals surface area contributed by atoms with E-state index in [-0.39, 0.29) is 17.7 Å². The fraction of sp³-hybridized carbons (Fsp3) is 0.523. The second kappa shape index (κ2) is 16.8. The van der Waals surface area contributed by atoms with E-state index in [0.717, 1.165) is 87.1 Å². The van der Waals surface area contributed by atoms with E-state index in [1.807, 2.05) is 47.5 Å². The number of aromatic nitrogens is 4. The topological polar surface area (TPSA) is 121 Å². The van der Waals surface area contributed by atoms with Crippen LogP contribution in [-0.2, 0) is 44.8 Å². The Hall–Kier alpha value is -4.23. The first-order chi connectivity index (χ1) is 27.9. The van der Waals surface area contributed by atoms with Crippen LogP contribution in [0.1, 0.15) is 102 Å². The molecule has 4 aromatic rings. The fourth-order valence-electron chi connectivity index (χ4n) is 9.88. The van der Waals surface area contributed by atoms with Crippen molar-refractivity contribution in [1.29, 1.82) is 0 Å². The van der Waals surface area contributed by atoms with Gasteiger partial charge in [-0.15, -0.1) is 0 Å². The molecule has 4 heterocycles. The quantitative estimate of drug-likeness (QED) is 0.134. The number of benzene rings is 2. The third-order valence-electron chi connectivity index (χ3n) is 13.3. The van der Waals surface area contributed by atoms with Crippen LogP contribution in [0.15, 0.2) is 36.4 Å². The lowest BCUT2D eigenvalue weighted by molar-refractivity contribution is -0.128. The minimum Gasteiger partial charge on any atom is -0.349 e. The Morgan fingerprint density at radius 1 is 0.776 bits per heavy atom. The first-order valence-corrected chi connectivity index (χ1v) is 21.6. The van der Waals surface area contributed by atoms with Gasteiger partial charge in [-0.25, -0.2) is 9.97 Å². The summed E-state index contributed by atoms with van der Waals surface area (Å²) in [4.78, 5) is 55.5. The molecule has 2 fully saturated rings. The van der Waals surface area contributed by atoms with Gasteiger partial charge in [-0.1, -0.05) is 47.5 Å². The molecule has 0 radical (unpaired) electrons. The molecule has 2 aromatic carbocycles. The van der Waals surface area contributed by atoms with Crippen molar-refractivity contribution in [2.45, 2.75) is 83.7 Å². The number of nitrogens with one attached hydrogen (secondary N) is 2. The summed E-state index contributed by atoms with van der Waals surface area (Å²) in [6.45, 7) is 5.23. The molecule has 2 bridgehead atoms. The molecule has 0 saturated heterocycles. The van der Waals surface area contributed by atoms with E-state index < -0.39 is 0 Å². The highest BCUT2D eigenvalue weighted by molar-refractivity contribution is 6.40. The third kappa shape index (κ3) is 8.17. The summed E-state index contributed by atoms with van der Waals surface area (Å²) >= 11 is 14.0. The van der Waals surface area contributed by atoms with Gasteiger partial charge in [0.25, 0.3) is 11.8 Å². The van der Waals surface area contributed by atoms with Crippen molar-refractivity contribution >= 4 is 52.3 Å². The molecule has 0 spiro atoms. The van der Waals surface area contributed by atoms with Crippen molar-refractivity contribution in [2.75, 3.05) is 50.9 Å². The van der Waals surface area contributed by atoms with Gasteiger partial charge in [0, 0.05) is 96.1 Å². The summed E-state index contributed by atoms with van der Waals surface area (Å²) in [7, 11) is 7.35. The molecule has 14 heteroatoms. The number of hydrogen-bond acceptors (Lipinski definition) is 7. The smallest absolute Gasteiger partial charge is 0.291 e. The summed E-state index contributed by atoms with van der Waals surface area (Å²) < 4.78 is 3.79. The van der Waals surface area contributed by atoms with Crippen molar-refractivity contribution in [1.82, 2.24) is 33.8 Å². The lowest BCUT2D eigenvalue weighted by Crippen LogP contribution is -2.34. The van der Waals surface area contributed by atoms with E-state index in [4.69, 9.17) is 33.2 Å². The standard InChI is InChI=1S/C44H55Cl2N9O3/c1-51(2)37(56)13-5-6-21-54-22-16-35-33(26-54)47-40(52(35)3)42(57)49-31-11-7-9-29(38(31)45)30-10-8-12-32(39(30)46)50-43(58)41-48-34-27-55(23-17-36(34)53(41)4)24-20-44-18-14-28(25-44)15-19-44/h7-12,28H,5-6,13-27H2,1-4H3,(H,49,57)(H,50,58). The molecule has 58 heavy (non-hydrogen) atoms. The first kappa shape index (κ1) is 40.5. The van der Waals surface area contributed by atoms with Gasteiger partial charge in [-0.05, 0) is 87.9 Å². The maximum absolute atomic E-state index is 13.8. The van der Waals surface area contributed by atoms with Crippen LogP contribution in [0.25, 0.3) is 11.1 Å². The Morgan fingerprint density at radius 3 is 1.78 bits per heavy atom. The molecule has 3 amide bonds. The second-order valence-electron chi connectivity index (χ2n) is 17.2. The van der Waals surface area contributed by atoms with E-state index in [9.17, 15) is 14.4 Å². The Labute approximate surface area is 351 Å². The molecule has 2 aliphatic heterocycles. The molecule has 2 aromatic heterocycles. The van der Waals surface area contributed by atoms with Gasteiger partial charge < -0.3 is 24.7 Å². The van der Waals surface area contributed by atoms with Crippen LogP contribution in [0.5, 0.6) is 0 Å². The molecule has 8 rings (SSSR count). The van der Waals surface area contributed by atoms with Crippen molar-refractivity contribution in [3.8, 4) is 11.1 Å². The van der Waals surface area contributed by atoms with E-state index in [0.29, 0.717) is 62.6 Å². The zero-order valence-electron chi connectivity index (χ0n) is 34.2. The lowest BCUT2D eigenvalue weighted by atomic mass is 9.81. The van der Waals surface area contributed by atoms with Crippen LogP contribution in [0.4, 0.5) is 11.4 Å². The number of halogens is 2. The monoisotopic (exact) mass is 827 g/mol. The zero-order chi connectivity index (χ0) is 40.7. The van der Waals surface area contributed by atoms with E-state index in [1.165, 1.54) is 38.5 Å². The van der Waals surface area contributed by atoms with Gasteiger partial charge in [-0.2, -0.15) is 0 Å². The fourth-order valence-corrected chi connectivity index (χ4v) is 10.4. The largest absolute Gasteiger partial charge is 0.349 e. The van der Waals surface area contributed by atoms with Crippen LogP contribution < -0.4 is 10.6 Å². The summed E-state index contributed by atoms with van der Waals surface area (Å²) in [6, 6.07) is 10.8. The molecule has 308 valence electrons. The zero-order valence-corrected chi connectivity index (χ0v) is 35.7. The Balaban J connectivity index is 0.910. The van der Waals surface area contributed by atoms with Crippen LogP contribution in [0.2, 0.25) is 10.0 Å². The van der Waals surface area contributed by atoms with Crippen molar-refractivity contribution in [3.63, 3.8) is 0 Å². The normalized spacial score (nSPS) is 20.2. The number of nitrogens with zero attached hydrogens (tertiary/aromatic N) is 7. The number of hydrogen-bond donors (Lipinski definition) is 2. The van der Waals surface area contributed by atoms with Gasteiger partial charge in [0.15, 0.2) is 11.6 Å². The molecule has 0 unspecified atom stereocenters. The first-order valence-electron chi connectivity index (χ1n) is 20.8. The number of fused-ring (bicyclic) bond motifs is 4. The van der Waals surface area contributed by atoms with Crippen LogP contribution in [-0.4, -0.2) is 91.8 Å². The second-order valence-corrected chi connectivity index (χ2v) is 18.0. The summed E-state index contributed by atoms with van der Waals surface area (Å²) in [5.41, 5.74) is 6.68. The van der Waals surface area contributed by atoms with Crippen LogP contribution >= 0.6 is 23.2 Å². The molecule has 0 atom stereocenters. The van der Waals surface area contributed by atoms with Crippen LogP contribution in [0.3, 0.4) is 0 Å². The molecule has 12 nitrogen and oxygen atoms in total. The van der Waals surface area contributed by atoms with E-state index in [1.54, 1.807) is 31.1 Å². The number of carbonyl (C=O) groups is 3. The van der Waals surface area contributed by atoms with Crippen molar-refractivity contribution in [2.24, 2.45) is 25.4 Å². The Bertz CT molecular complexity index is 2220. The van der Waals surface area contributed by atoms with Gasteiger partial charge in [-0.3, -0.25) is 24.2 Å². The SMILES string of the molecule is CN(C)C(=O)CCCCN1CCc2c(nc(C(=O)Nc3cccc(-c4cccc(NC(=O)c5nc6c(n5C)CCN(CCC57CCC(CC5)C7)C6)c4Cl)c3Cl)n2C)C1. The number of amides is 3. The summed E-state index contributed by atoms with van der Waals surface area (Å²) in [6.07, 6.45) is 12.2. The highest BCUT2D eigenvalue weighted by Crippen LogP contribution is 2.56. The molecule has 2 aliphatic carbocycles. The highest BCUT2D eigenvalue weighted by atomic mass is 35.5. The number of anilines is 2. The predicted octanol–water partition coefficient (Wildman–Crippen LogP) is 7.58. The van der Waals surface area contributed by atoms with Crippen molar-refractivity contribution < 1.29 is 14.4 Å². The van der Waals surface area contributed by atoms with Gasteiger partial charge in [0.1, 0.15) is 0 Å². The lowest BCUT2D eigenvalue weighted by Gasteiger charge is -2.32. The number of imidazole rings is 2. The highest BCUT2D eigenvalue weighted by Gasteiger charge is 2.44. The molecule has 2 N–H and O–H groups in total. The summed E-state index contributed by atoms with van der Waals surface area (Å²) in [5.74, 6) is 1.09. The minimum absolute atomic E-state index is 0.146. The molecule has 4 aliphatic rings.